The fraction of sp³-hybridized carbons (Fsp3) is 0.357. The summed E-state index contributed by atoms with van der Waals surface area (Å²) in [5.41, 5.74) is 6.41. The number of aromatic nitrogens is 3. The minimum atomic E-state index is -0.512. The van der Waals surface area contributed by atoms with Crippen LogP contribution in [0.25, 0.3) is 0 Å². The molecule has 22 heavy (non-hydrogen) atoms. The molecule has 2 atom stereocenters. The molecule has 3 heterocycles. The van der Waals surface area contributed by atoms with E-state index in [1.165, 1.54) is 12.3 Å². The first-order chi connectivity index (χ1) is 10.5. The molecule has 0 aliphatic carbocycles. The average molecular weight is 324 g/mol. The summed E-state index contributed by atoms with van der Waals surface area (Å²) in [6.07, 6.45) is 4.93. The Kier molecular flexibility index (Phi) is 3.74. The molecule has 8 heteroatoms. The lowest BCUT2D eigenvalue weighted by atomic mass is 9.90. The van der Waals surface area contributed by atoms with E-state index in [1.54, 1.807) is 22.8 Å². The number of hydrogen-bond acceptors (Lipinski definition) is 4. The first-order valence-corrected chi connectivity index (χ1v) is 7.17. The molecule has 2 aromatic rings. The van der Waals surface area contributed by atoms with Crippen LogP contribution in [0.5, 0.6) is 0 Å². The first kappa shape index (κ1) is 14.8. The van der Waals surface area contributed by atoms with Gasteiger partial charge in [0.05, 0.1) is 17.1 Å². The van der Waals surface area contributed by atoms with Crippen molar-refractivity contribution in [3.63, 3.8) is 0 Å². The van der Waals surface area contributed by atoms with E-state index in [0.717, 1.165) is 5.56 Å². The molecule has 2 N–H and O–H groups in total. The Hall–Kier alpha value is -2.15. The highest BCUT2D eigenvalue weighted by atomic mass is 35.5. The highest BCUT2D eigenvalue weighted by Crippen LogP contribution is 2.35. The Bertz CT molecular complexity index is 719. The number of pyridine rings is 1. The molecule has 2 aromatic heterocycles. The minimum absolute atomic E-state index is 0.136. The highest BCUT2D eigenvalue weighted by molar-refractivity contribution is 6.30. The molecule has 1 aliphatic heterocycles. The topological polar surface area (TPSA) is 77.0 Å². The van der Waals surface area contributed by atoms with Crippen LogP contribution in [0.1, 0.15) is 11.5 Å². The second kappa shape index (κ2) is 5.57. The number of anilines is 1. The Labute approximate surface area is 131 Å². The molecule has 3 rings (SSSR count). The van der Waals surface area contributed by atoms with Gasteiger partial charge in [-0.25, -0.2) is 9.37 Å². The predicted molar refractivity (Wildman–Crippen MR) is 80.1 cm³/mol. The Morgan fingerprint density at radius 3 is 2.82 bits per heavy atom. The van der Waals surface area contributed by atoms with Crippen molar-refractivity contribution in [2.45, 2.75) is 5.92 Å². The van der Waals surface area contributed by atoms with E-state index in [0.29, 0.717) is 13.1 Å². The number of carbonyl (C=O) groups is 1. The van der Waals surface area contributed by atoms with Crippen LogP contribution in [-0.2, 0) is 11.8 Å². The van der Waals surface area contributed by atoms with Crippen LogP contribution >= 0.6 is 11.6 Å². The second-order valence-corrected chi connectivity index (χ2v) is 5.86. The number of halogens is 2. The molecule has 1 saturated heterocycles. The zero-order valence-electron chi connectivity index (χ0n) is 11.9. The van der Waals surface area contributed by atoms with Crippen LogP contribution in [0.15, 0.2) is 24.7 Å². The van der Waals surface area contributed by atoms with Crippen molar-refractivity contribution in [3.05, 3.63) is 41.1 Å². The zero-order chi connectivity index (χ0) is 15.9. The molecule has 0 aromatic carbocycles. The summed E-state index contributed by atoms with van der Waals surface area (Å²) in [7, 11) is 1.80. The number of aryl methyl sites for hydroxylation is 1. The number of hydrogen-bond donors (Lipinski definition) is 1. The molecule has 1 fully saturated rings. The summed E-state index contributed by atoms with van der Waals surface area (Å²) in [6, 6.07) is 1.21. The minimum Gasteiger partial charge on any atom is -0.369 e. The fourth-order valence-electron chi connectivity index (χ4n) is 2.87. The van der Waals surface area contributed by atoms with Gasteiger partial charge in [-0.1, -0.05) is 11.6 Å². The van der Waals surface area contributed by atoms with Crippen LogP contribution in [0.3, 0.4) is 0 Å². The van der Waals surface area contributed by atoms with Crippen molar-refractivity contribution in [1.29, 1.82) is 0 Å². The van der Waals surface area contributed by atoms with Crippen LogP contribution in [0.4, 0.5) is 10.2 Å². The number of nitrogens with two attached hydrogens (primary N) is 1. The van der Waals surface area contributed by atoms with Gasteiger partial charge in [-0.2, -0.15) is 5.10 Å². The third kappa shape index (κ3) is 2.64. The van der Waals surface area contributed by atoms with E-state index in [9.17, 15) is 9.18 Å². The SMILES string of the molecule is Cn1cc([C@H]2CN(c3ncc(Cl)cc3F)C[C@@H]2C(N)=O)cn1. The van der Waals surface area contributed by atoms with Gasteiger partial charge in [-0.15, -0.1) is 0 Å². The van der Waals surface area contributed by atoms with Crippen LogP contribution in [-0.4, -0.2) is 33.8 Å². The van der Waals surface area contributed by atoms with E-state index in [-0.39, 0.29) is 16.8 Å². The van der Waals surface area contributed by atoms with Crippen molar-refractivity contribution in [2.24, 2.45) is 18.7 Å². The van der Waals surface area contributed by atoms with E-state index in [2.05, 4.69) is 10.1 Å². The number of rotatable bonds is 3. The summed E-state index contributed by atoms with van der Waals surface area (Å²) < 4.78 is 15.7. The van der Waals surface area contributed by atoms with Gasteiger partial charge in [0, 0.05) is 38.4 Å². The van der Waals surface area contributed by atoms with Gasteiger partial charge in [0.15, 0.2) is 11.6 Å². The van der Waals surface area contributed by atoms with Crippen LogP contribution < -0.4 is 10.6 Å². The van der Waals surface area contributed by atoms with Gasteiger partial charge in [-0.05, 0) is 11.6 Å². The number of amides is 1. The lowest BCUT2D eigenvalue weighted by Gasteiger charge is -2.17. The summed E-state index contributed by atoms with van der Waals surface area (Å²) in [5, 5.41) is 4.35. The summed E-state index contributed by atoms with van der Waals surface area (Å²) >= 11 is 5.72. The molecule has 0 bridgehead atoms. The number of carbonyl (C=O) groups excluding carboxylic acids is 1. The maximum absolute atomic E-state index is 14.0. The second-order valence-electron chi connectivity index (χ2n) is 5.43. The molecule has 0 spiro atoms. The third-order valence-corrected chi connectivity index (χ3v) is 4.13. The quantitative estimate of drug-likeness (QED) is 0.924. The predicted octanol–water partition coefficient (Wildman–Crippen LogP) is 1.31. The maximum atomic E-state index is 14.0. The monoisotopic (exact) mass is 323 g/mol. The van der Waals surface area contributed by atoms with Gasteiger partial charge >= 0.3 is 0 Å². The smallest absolute Gasteiger partial charge is 0.223 e. The number of nitrogens with zero attached hydrogens (tertiary/aromatic N) is 4. The normalized spacial score (nSPS) is 21.3. The molecule has 1 aliphatic rings. The van der Waals surface area contributed by atoms with Gasteiger partial charge in [-0.3, -0.25) is 9.48 Å². The van der Waals surface area contributed by atoms with E-state index in [1.807, 2.05) is 6.20 Å². The maximum Gasteiger partial charge on any atom is 0.223 e. The standard InChI is InChI=1S/C14H15ClFN5O/c1-20-5-8(3-19-20)10-6-21(7-11(10)13(17)22)14-12(16)2-9(15)4-18-14/h2-5,10-11H,6-7H2,1H3,(H2,17,22)/t10-,11+/m1/s1. The molecular formula is C14H15ClFN5O. The lowest BCUT2D eigenvalue weighted by molar-refractivity contribution is -0.121. The van der Waals surface area contributed by atoms with Crippen LogP contribution in [0, 0.1) is 11.7 Å². The molecule has 0 radical (unpaired) electrons. The first-order valence-electron chi connectivity index (χ1n) is 6.79. The van der Waals surface area contributed by atoms with Crippen molar-refractivity contribution in [1.82, 2.24) is 14.8 Å². The van der Waals surface area contributed by atoms with Crippen molar-refractivity contribution in [3.8, 4) is 0 Å². The van der Waals surface area contributed by atoms with Gasteiger partial charge in [0.25, 0.3) is 0 Å². The van der Waals surface area contributed by atoms with E-state index < -0.39 is 17.6 Å². The van der Waals surface area contributed by atoms with Crippen molar-refractivity contribution in [2.75, 3.05) is 18.0 Å². The number of primary amides is 1. The Morgan fingerprint density at radius 2 is 2.23 bits per heavy atom. The van der Waals surface area contributed by atoms with Gasteiger partial charge in [0.2, 0.25) is 5.91 Å². The summed E-state index contributed by atoms with van der Waals surface area (Å²) in [5.74, 6) is -1.29. The molecule has 1 amide bonds. The molecule has 0 unspecified atom stereocenters. The van der Waals surface area contributed by atoms with Crippen LogP contribution in [0.2, 0.25) is 5.02 Å². The lowest BCUT2D eigenvalue weighted by Crippen LogP contribution is -2.29. The molecule has 6 nitrogen and oxygen atoms in total. The van der Waals surface area contributed by atoms with E-state index in [4.69, 9.17) is 17.3 Å². The Balaban J connectivity index is 1.91. The largest absolute Gasteiger partial charge is 0.369 e. The molecule has 0 saturated carbocycles. The Morgan fingerprint density at radius 1 is 1.45 bits per heavy atom. The van der Waals surface area contributed by atoms with Gasteiger partial charge in [0.1, 0.15) is 0 Å². The summed E-state index contributed by atoms with van der Waals surface area (Å²) in [6.45, 7) is 0.769. The van der Waals surface area contributed by atoms with Crippen molar-refractivity contribution < 1.29 is 9.18 Å². The molecular weight excluding hydrogens is 309 g/mol. The zero-order valence-corrected chi connectivity index (χ0v) is 12.7. The van der Waals surface area contributed by atoms with Crippen molar-refractivity contribution >= 4 is 23.3 Å². The van der Waals surface area contributed by atoms with E-state index >= 15 is 0 Å². The molecule has 116 valence electrons. The highest BCUT2D eigenvalue weighted by Gasteiger charge is 2.39. The average Bonchev–Trinajstić information content (AvgIpc) is 3.04. The summed E-state index contributed by atoms with van der Waals surface area (Å²) in [4.78, 5) is 17.5. The van der Waals surface area contributed by atoms with Gasteiger partial charge < -0.3 is 10.6 Å². The third-order valence-electron chi connectivity index (χ3n) is 3.93. The fourth-order valence-corrected chi connectivity index (χ4v) is 3.02.